The Morgan fingerprint density at radius 1 is 1.02 bits per heavy atom. The van der Waals surface area contributed by atoms with Crippen molar-refractivity contribution in [2.24, 2.45) is 0 Å². The van der Waals surface area contributed by atoms with Crippen molar-refractivity contribution in [2.75, 3.05) is 30.5 Å². The average molecular weight is 608 g/mol. The predicted molar refractivity (Wildman–Crippen MR) is 145 cm³/mol. The van der Waals surface area contributed by atoms with Crippen molar-refractivity contribution >= 4 is 21.5 Å². The number of pyridine rings is 1. The number of para-hydroxylation sites is 1. The number of hydrogen-bond donors (Lipinski definition) is 0. The monoisotopic (exact) mass is 607 g/mol. The maximum absolute atomic E-state index is 14.0. The second-order valence-corrected chi connectivity index (χ2v) is 12.4. The number of benzene rings is 1. The molecule has 2 aliphatic rings. The Balaban J connectivity index is 1.21. The van der Waals surface area contributed by atoms with Gasteiger partial charge in [-0.1, -0.05) is 18.2 Å². The third kappa shape index (κ3) is 5.85. The first-order valence-electron chi connectivity index (χ1n) is 13.6. The highest BCUT2D eigenvalue weighted by Crippen LogP contribution is 2.35. The van der Waals surface area contributed by atoms with Gasteiger partial charge in [0, 0.05) is 63.0 Å². The van der Waals surface area contributed by atoms with Gasteiger partial charge >= 0.3 is 16.6 Å². The highest BCUT2D eigenvalue weighted by atomic mass is 32.2. The number of imidazole rings is 1. The zero-order chi connectivity index (χ0) is 29.5. The van der Waals surface area contributed by atoms with Crippen LogP contribution in [0.15, 0.2) is 59.3 Å². The van der Waals surface area contributed by atoms with Gasteiger partial charge in [0.05, 0.1) is 17.9 Å². The van der Waals surface area contributed by atoms with Crippen LogP contribution in [0.4, 0.5) is 23.2 Å². The molecule has 1 saturated carbocycles. The van der Waals surface area contributed by atoms with Crippen molar-refractivity contribution in [3.63, 3.8) is 0 Å². The van der Waals surface area contributed by atoms with Gasteiger partial charge < -0.3 is 8.82 Å². The second-order valence-electron chi connectivity index (χ2n) is 10.5. The van der Waals surface area contributed by atoms with Gasteiger partial charge in [-0.25, -0.2) is 13.8 Å². The molecule has 15 heteroatoms. The fourth-order valence-corrected chi connectivity index (χ4v) is 7.15. The van der Waals surface area contributed by atoms with Crippen molar-refractivity contribution in [3.05, 3.63) is 66.4 Å². The number of aromatic nitrogens is 4. The van der Waals surface area contributed by atoms with Crippen molar-refractivity contribution in [3.8, 4) is 11.5 Å². The number of fused-ring (bicyclic) bond motifs is 1. The first-order chi connectivity index (χ1) is 20.1. The van der Waals surface area contributed by atoms with Crippen LogP contribution < -0.4 is 4.31 Å². The zero-order valence-electron chi connectivity index (χ0n) is 22.5. The summed E-state index contributed by atoms with van der Waals surface area (Å²) in [5, 5.41) is 7.02. The average Bonchev–Trinajstić information content (AvgIpc) is 3.64. The van der Waals surface area contributed by atoms with Crippen LogP contribution >= 0.6 is 0 Å². The largest absolute Gasteiger partial charge is 0.415 e. The number of hydrogen-bond acceptors (Lipinski definition) is 7. The van der Waals surface area contributed by atoms with Crippen molar-refractivity contribution < 1.29 is 30.4 Å². The van der Waals surface area contributed by atoms with E-state index >= 15 is 0 Å². The molecule has 4 aromatic rings. The van der Waals surface area contributed by atoms with Crippen LogP contribution in [0.1, 0.15) is 43.7 Å². The van der Waals surface area contributed by atoms with E-state index in [4.69, 9.17) is 4.42 Å². The Morgan fingerprint density at radius 3 is 2.40 bits per heavy atom. The minimum Gasteiger partial charge on any atom is -0.415 e. The van der Waals surface area contributed by atoms with Gasteiger partial charge in [0.25, 0.3) is 5.89 Å². The van der Waals surface area contributed by atoms with Crippen LogP contribution in [-0.2, 0) is 16.8 Å². The first-order valence-corrected chi connectivity index (χ1v) is 15.0. The van der Waals surface area contributed by atoms with E-state index in [0.29, 0.717) is 48.5 Å². The number of nitrogens with zero attached hydrogens (tertiary/aromatic N) is 7. The summed E-state index contributed by atoms with van der Waals surface area (Å²) < 4.78 is 90.4. The summed E-state index contributed by atoms with van der Waals surface area (Å²) in [4.78, 5) is 6.71. The molecule has 0 amide bonds. The highest BCUT2D eigenvalue weighted by molar-refractivity contribution is 7.90. The summed E-state index contributed by atoms with van der Waals surface area (Å²) in [5.41, 5.74) is 1.76. The number of anilines is 1. The topological polar surface area (TPSA) is 100 Å². The first kappa shape index (κ1) is 28.6. The number of rotatable bonds is 8. The van der Waals surface area contributed by atoms with E-state index in [1.807, 2.05) is 0 Å². The normalized spacial score (nSPS) is 19.1. The Hall–Kier alpha value is -3.56. The van der Waals surface area contributed by atoms with E-state index in [0.717, 1.165) is 0 Å². The summed E-state index contributed by atoms with van der Waals surface area (Å²) in [5.74, 6) is -3.46. The molecule has 1 aliphatic heterocycles. The van der Waals surface area contributed by atoms with Crippen LogP contribution in [0.25, 0.3) is 17.1 Å². The van der Waals surface area contributed by atoms with Gasteiger partial charge in [0.15, 0.2) is 0 Å². The standard InChI is InChI=1S/C27H29F4N7O3S/c28-24(29)26-34-33-25(41-26)19-8-11-36-17-20(32-23(36)16-19)18-38(22-4-2-1-3-5-22)42(39,40)37-14-12-35(13-15-37)21-6-9-27(30,31)10-7-21/h1-5,8,11,16-17,21,24H,6-7,9-10,12-15,18H2. The van der Waals surface area contributed by atoms with E-state index in [-0.39, 0.29) is 44.4 Å². The van der Waals surface area contributed by atoms with Crippen molar-refractivity contribution in [1.29, 1.82) is 0 Å². The quantitative estimate of drug-likeness (QED) is 0.266. The molecule has 1 aromatic carbocycles. The molecule has 3 aromatic heterocycles. The van der Waals surface area contributed by atoms with E-state index in [1.165, 1.54) is 8.61 Å². The predicted octanol–water partition coefficient (Wildman–Crippen LogP) is 4.77. The molecule has 0 unspecified atom stereocenters. The molecule has 6 rings (SSSR count). The Labute approximate surface area is 239 Å². The number of piperazine rings is 1. The third-order valence-electron chi connectivity index (χ3n) is 7.82. The Bertz CT molecular complexity index is 1630. The summed E-state index contributed by atoms with van der Waals surface area (Å²) in [6.45, 7) is 1.38. The van der Waals surface area contributed by atoms with Gasteiger partial charge in [-0.3, -0.25) is 9.21 Å². The highest BCUT2D eigenvalue weighted by Gasteiger charge is 2.39. The van der Waals surface area contributed by atoms with Crippen molar-refractivity contribution in [1.82, 2.24) is 28.8 Å². The molecule has 0 atom stereocenters. The van der Waals surface area contributed by atoms with Gasteiger partial charge in [-0.2, -0.15) is 21.5 Å². The van der Waals surface area contributed by atoms with Gasteiger partial charge in [0.2, 0.25) is 11.8 Å². The van der Waals surface area contributed by atoms with E-state index in [9.17, 15) is 26.0 Å². The van der Waals surface area contributed by atoms with Gasteiger partial charge in [0.1, 0.15) is 5.65 Å². The van der Waals surface area contributed by atoms with Gasteiger partial charge in [-0.05, 0) is 37.1 Å². The minimum absolute atomic E-state index is 0.0386. The molecular weight excluding hydrogens is 578 g/mol. The molecule has 0 radical (unpaired) electrons. The molecule has 10 nitrogen and oxygen atoms in total. The Kier molecular flexibility index (Phi) is 7.66. The van der Waals surface area contributed by atoms with Crippen molar-refractivity contribution in [2.45, 2.75) is 50.6 Å². The molecular formula is C27H29F4N7O3S. The third-order valence-corrected chi connectivity index (χ3v) is 9.73. The molecule has 0 N–H and O–H groups in total. The van der Waals surface area contributed by atoms with Crippen LogP contribution in [-0.4, -0.2) is 75.3 Å². The number of alkyl halides is 4. The molecule has 224 valence electrons. The molecule has 4 heterocycles. The fraction of sp³-hybridized carbons (Fsp3) is 0.444. The summed E-state index contributed by atoms with van der Waals surface area (Å²) in [6.07, 6.45) is 1.00. The number of halogens is 4. The van der Waals surface area contributed by atoms with E-state index < -0.39 is 28.4 Å². The molecule has 42 heavy (non-hydrogen) atoms. The maximum atomic E-state index is 14.0. The summed E-state index contributed by atoms with van der Waals surface area (Å²) in [6, 6.07) is 12.0. The smallest absolute Gasteiger partial charge is 0.314 e. The lowest BCUT2D eigenvalue weighted by atomic mass is 9.91. The molecule has 0 spiro atoms. The summed E-state index contributed by atoms with van der Waals surface area (Å²) in [7, 11) is -3.98. The summed E-state index contributed by atoms with van der Waals surface area (Å²) >= 11 is 0. The maximum Gasteiger partial charge on any atom is 0.314 e. The van der Waals surface area contributed by atoms with Crippen LogP contribution in [0, 0.1) is 0 Å². The van der Waals surface area contributed by atoms with Crippen LogP contribution in [0.3, 0.4) is 0 Å². The minimum atomic E-state index is -3.98. The fourth-order valence-electron chi connectivity index (χ4n) is 5.56. The lowest BCUT2D eigenvalue weighted by Gasteiger charge is -2.42. The lowest BCUT2D eigenvalue weighted by Crippen LogP contribution is -2.55. The van der Waals surface area contributed by atoms with Gasteiger partial charge in [-0.15, -0.1) is 10.2 Å². The SMILES string of the molecule is O=S(=O)(N1CCN(C2CCC(F)(F)CC2)CC1)N(Cc1cn2ccc(-c3nnc(C(F)F)o3)cc2n1)c1ccccc1. The Morgan fingerprint density at radius 2 is 1.74 bits per heavy atom. The van der Waals surface area contributed by atoms with Crippen LogP contribution in [0.5, 0.6) is 0 Å². The second kappa shape index (κ2) is 11.3. The molecule has 1 aliphatic carbocycles. The molecule has 0 bridgehead atoms. The van der Waals surface area contributed by atoms with E-state index in [1.54, 1.807) is 59.3 Å². The van der Waals surface area contributed by atoms with E-state index in [2.05, 4.69) is 20.1 Å². The zero-order valence-corrected chi connectivity index (χ0v) is 23.3. The molecule has 2 fully saturated rings. The molecule has 1 saturated heterocycles. The van der Waals surface area contributed by atoms with Crippen LogP contribution in [0.2, 0.25) is 0 Å². The lowest BCUT2D eigenvalue weighted by molar-refractivity contribution is -0.0561.